The van der Waals surface area contributed by atoms with E-state index in [-0.39, 0.29) is 22.9 Å². The number of nitrogens with zero attached hydrogens (tertiary/aromatic N) is 3. The first kappa shape index (κ1) is 18.4. The number of anilines is 1. The van der Waals surface area contributed by atoms with Crippen LogP contribution >= 0.6 is 15.9 Å². The number of carbonyl (C=O) groups is 1. The van der Waals surface area contributed by atoms with Crippen LogP contribution in [0.15, 0.2) is 28.6 Å². The van der Waals surface area contributed by atoms with Crippen LogP contribution in [0, 0.1) is 34.5 Å². The first-order valence-electron chi connectivity index (χ1n) is 9.62. The topological polar surface area (TPSA) is 90.7 Å². The fourth-order valence-electron chi connectivity index (χ4n) is 5.81. The highest BCUT2D eigenvalue weighted by molar-refractivity contribution is 9.10. The van der Waals surface area contributed by atoms with E-state index in [0.717, 1.165) is 22.2 Å². The van der Waals surface area contributed by atoms with Gasteiger partial charge in [0.2, 0.25) is 5.95 Å². The summed E-state index contributed by atoms with van der Waals surface area (Å²) < 4.78 is 0.764. The molecule has 4 bridgehead atoms. The Labute approximate surface area is 168 Å². The van der Waals surface area contributed by atoms with Crippen LogP contribution in [-0.2, 0) is 4.79 Å². The molecule has 2 N–H and O–H groups in total. The van der Waals surface area contributed by atoms with Crippen molar-refractivity contribution < 1.29 is 4.79 Å². The van der Waals surface area contributed by atoms with E-state index in [4.69, 9.17) is 0 Å². The van der Waals surface area contributed by atoms with Gasteiger partial charge in [0.15, 0.2) is 0 Å². The summed E-state index contributed by atoms with van der Waals surface area (Å²) in [7, 11) is 0. The lowest BCUT2D eigenvalue weighted by atomic mass is 9.48. The number of aromatic nitrogens is 2. The fraction of sp³-hybridized carbons (Fsp3) is 0.600. The van der Waals surface area contributed by atoms with Crippen molar-refractivity contribution in [3.8, 4) is 6.07 Å². The summed E-state index contributed by atoms with van der Waals surface area (Å²) in [6.45, 7) is 2.12. The molecular formula is C20H24BrN5O. The molecule has 7 heteroatoms. The zero-order valence-corrected chi connectivity index (χ0v) is 17.0. The largest absolute Gasteiger partial charge is 0.348 e. The van der Waals surface area contributed by atoms with Crippen molar-refractivity contribution in [1.82, 2.24) is 15.3 Å². The minimum atomic E-state index is -0.328. The minimum Gasteiger partial charge on any atom is -0.348 e. The second kappa shape index (κ2) is 7.23. The molecule has 142 valence electrons. The normalized spacial score (nSPS) is 32.6. The lowest BCUT2D eigenvalue weighted by Crippen LogP contribution is -2.56. The van der Waals surface area contributed by atoms with Crippen LogP contribution in [0.25, 0.3) is 0 Å². The number of rotatable bonds is 5. The molecule has 27 heavy (non-hydrogen) atoms. The number of nitriles is 1. The van der Waals surface area contributed by atoms with Gasteiger partial charge in [-0.3, -0.25) is 4.79 Å². The van der Waals surface area contributed by atoms with E-state index >= 15 is 0 Å². The van der Waals surface area contributed by atoms with Crippen molar-refractivity contribution >= 4 is 27.8 Å². The van der Waals surface area contributed by atoms with Crippen LogP contribution in [0.2, 0.25) is 0 Å². The van der Waals surface area contributed by atoms with E-state index in [1.54, 1.807) is 12.4 Å². The van der Waals surface area contributed by atoms with Gasteiger partial charge in [0.1, 0.15) is 11.6 Å². The van der Waals surface area contributed by atoms with Gasteiger partial charge in [-0.05, 0) is 84.5 Å². The maximum Gasteiger partial charge on any atom is 0.263 e. The summed E-state index contributed by atoms with van der Waals surface area (Å²) in [5.74, 6) is 2.51. The molecule has 4 aliphatic rings. The van der Waals surface area contributed by atoms with E-state index in [2.05, 4.69) is 43.5 Å². The molecule has 0 saturated heterocycles. The summed E-state index contributed by atoms with van der Waals surface area (Å²) in [4.78, 5) is 20.8. The van der Waals surface area contributed by atoms with Gasteiger partial charge in [-0.25, -0.2) is 9.97 Å². The Morgan fingerprint density at radius 3 is 2.33 bits per heavy atom. The molecule has 0 aromatic carbocycles. The summed E-state index contributed by atoms with van der Waals surface area (Å²) >= 11 is 3.27. The second-order valence-electron chi connectivity index (χ2n) is 8.51. The molecule has 0 aliphatic heterocycles. The van der Waals surface area contributed by atoms with Crippen molar-refractivity contribution in [2.45, 2.75) is 51.5 Å². The number of nitrogens with one attached hydrogen (secondary N) is 2. The van der Waals surface area contributed by atoms with E-state index < -0.39 is 0 Å². The van der Waals surface area contributed by atoms with E-state index in [1.165, 1.54) is 44.7 Å². The Hall–Kier alpha value is -1.94. The van der Waals surface area contributed by atoms with Crippen molar-refractivity contribution in [3.05, 3.63) is 28.6 Å². The van der Waals surface area contributed by atoms with E-state index in [1.807, 2.05) is 6.07 Å². The van der Waals surface area contributed by atoms with Gasteiger partial charge in [-0.1, -0.05) is 0 Å². The molecule has 1 atom stereocenters. The monoisotopic (exact) mass is 429 g/mol. The smallest absolute Gasteiger partial charge is 0.263 e. The third kappa shape index (κ3) is 3.73. The standard InChI is InChI=1S/C20H24BrN5O/c1-12(20-5-13-2-14(6-20)4-15(3-13)7-20)26-18(27)16(8-22)9-23-19-24-10-17(21)11-25-19/h9-15H,2-7H2,1H3,(H,26,27)(H,23,24,25)/b16-9-. The lowest BCUT2D eigenvalue weighted by Gasteiger charge is -2.59. The van der Waals surface area contributed by atoms with Gasteiger partial charge < -0.3 is 10.6 Å². The summed E-state index contributed by atoms with van der Waals surface area (Å²) in [6, 6.07) is 2.07. The van der Waals surface area contributed by atoms with Crippen molar-refractivity contribution in [1.29, 1.82) is 5.26 Å². The average Bonchev–Trinajstić information content (AvgIpc) is 2.62. The molecule has 1 aromatic heterocycles. The Bertz CT molecular complexity index is 762. The van der Waals surface area contributed by atoms with Crippen molar-refractivity contribution in [2.24, 2.45) is 23.2 Å². The quantitative estimate of drug-likeness (QED) is 0.548. The number of halogens is 1. The molecule has 1 heterocycles. The summed E-state index contributed by atoms with van der Waals surface area (Å²) in [5.41, 5.74) is 0.255. The van der Waals surface area contributed by atoms with Gasteiger partial charge >= 0.3 is 0 Å². The van der Waals surface area contributed by atoms with Crippen molar-refractivity contribution in [3.63, 3.8) is 0 Å². The molecule has 4 saturated carbocycles. The summed E-state index contributed by atoms with van der Waals surface area (Å²) in [6.07, 6.45) is 12.4. The Kier molecular flexibility index (Phi) is 4.94. The predicted molar refractivity (Wildman–Crippen MR) is 105 cm³/mol. The molecule has 1 amide bonds. The van der Waals surface area contributed by atoms with Crippen LogP contribution in [-0.4, -0.2) is 21.9 Å². The average molecular weight is 430 g/mol. The zero-order valence-electron chi connectivity index (χ0n) is 15.4. The van der Waals surface area contributed by atoms with Crippen LogP contribution in [0.4, 0.5) is 5.95 Å². The van der Waals surface area contributed by atoms with Gasteiger partial charge in [0, 0.05) is 24.6 Å². The number of carbonyl (C=O) groups excluding carboxylic acids is 1. The summed E-state index contributed by atoms with van der Waals surface area (Å²) in [5, 5.41) is 15.3. The number of hydrogen-bond acceptors (Lipinski definition) is 5. The third-order valence-electron chi connectivity index (χ3n) is 6.68. The van der Waals surface area contributed by atoms with Crippen LogP contribution in [0.3, 0.4) is 0 Å². The maximum absolute atomic E-state index is 12.7. The Balaban J connectivity index is 1.42. The van der Waals surface area contributed by atoms with Gasteiger partial charge in [0.25, 0.3) is 5.91 Å². The Morgan fingerprint density at radius 2 is 1.81 bits per heavy atom. The highest BCUT2D eigenvalue weighted by atomic mass is 79.9. The number of amides is 1. The van der Waals surface area contributed by atoms with Gasteiger partial charge in [-0.2, -0.15) is 5.26 Å². The molecule has 1 aromatic rings. The van der Waals surface area contributed by atoms with E-state index in [0.29, 0.717) is 5.95 Å². The van der Waals surface area contributed by atoms with Crippen LogP contribution in [0.1, 0.15) is 45.4 Å². The third-order valence-corrected chi connectivity index (χ3v) is 7.09. The highest BCUT2D eigenvalue weighted by Gasteiger charge is 2.53. The molecule has 1 unspecified atom stereocenters. The molecule has 4 fully saturated rings. The molecular weight excluding hydrogens is 406 g/mol. The SMILES string of the molecule is CC(NC(=O)/C(C#N)=C\Nc1ncc(Br)cn1)C12CC3CC(CC(C3)C1)C2. The first-order valence-corrected chi connectivity index (χ1v) is 10.4. The zero-order chi connectivity index (χ0) is 19.0. The molecule has 5 rings (SSSR count). The van der Waals surface area contributed by atoms with Crippen LogP contribution < -0.4 is 10.6 Å². The predicted octanol–water partition coefficient (Wildman–Crippen LogP) is 3.78. The molecule has 0 spiro atoms. The minimum absolute atomic E-state index is 0.0399. The lowest BCUT2D eigenvalue weighted by molar-refractivity contribution is -0.122. The van der Waals surface area contributed by atoms with Crippen molar-refractivity contribution in [2.75, 3.05) is 5.32 Å². The van der Waals surface area contributed by atoms with E-state index in [9.17, 15) is 10.1 Å². The van der Waals surface area contributed by atoms with Gasteiger partial charge in [0.05, 0.1) is 4.47 Å². The molecule has 6 nitrogen and oxygen atoms in total. The Morgan fingerprint density at radius 1 is 1.26 bits per heavy atom. The number of hydrogen-bond donors (Lipinski definition) is 2. The fourth-order valence-corrected chi connectivity index (χ4v) is 6.01. The second-order valence-corrected chi connectivity index (χ2v) is 9.43. The van der Waals surface area contributed by atoms with Crippen LogP contribution in [0.5, 0.6) is 0 Å². The molecule has 4 aliphatic carbocycles. The van der Waals surface area contributed by atoms with Gasteiger partial charge in [-0.15, -0.1) is 0 Å². The maximum atomic E-state index is 12.7. The molecule has 0 radical (unpaired) electrons. The highest BCUT2D eigenvalue weighted by Crippen LogP contribution is 2.61. The first-order chi connectivity index (χ1) is 13.0.